The maximum Gasteiger partial charge on any atom is 0.326 e. The third kappa shape index (κ3) is 3.33. The lowest BCUT2D eigenvalue weighted by Gasteiger charge is -2.12. The van der Waals surface area contributed by atoms with E-state index in [-0.39, 0.29) is 5.76 Å². The first-order chi connectivity index (χ1) is 9.61. The van der Waals surface area contributed by atoms with Gasteiger partial charge in [-0.2, -0.15) is 11.8 Å². The van der Waals surface area contributed by atoms with E-state index in [2.05, 4.69) is 5.32 Å². The zero-order valence-electron chi connectivity index (χ0n) is 11.0. The van der Waals surface area contributed by atoms with E-state index < -0.39 is 17.9 Å². The summed E-state index contributed by atoms with van der Waals surface area (Å²) in [6.45, 7) is 0. The lowest BCUT2D eigenvalue weighted by Crippen LogP contribution is -2.41. The minimum atomic E-state index is -1.04. The summed E-state index contributed by atoms with van der Waals surface area (Å²) in [5, 5.41) is 12.4. The lowest BCUT2D eigenvalue weighted by molar-refractivity contribution is -0.139. The van der Waals surface area contributed by atoms with Crippen LogP contribution < -0.4 is 5.32 Å². The van der Waals surface area contributed by atoms with Crippen LogP contribution in [0.5, 0.6) is 0 Å². The van der Waals surface area contributed by atoms with E-state index in [0.717, 1.165) is 5.39 Å². The van der Waals surface area contributed by atoms with Gasteiger partial charge in [0.2, 0.25) is 0 Å². The smallest absolute Gasteiger partial charge is 0.326 e. The maximum absolute atomic E-state index is 12.0. The topological polar surface area (TPSA) is 79.5 Å². The number of carboxylic acids is 1. The van der Waals surface area contributed by atoms with E-state index in [9.17, 15) is 9.59 Å². The third-order valence-corrected chi connectivity index (χ3v) is 3.51. The minimum absolute atomic E-state index is 0.126. The number of carbonyl (C=O) groups excluding carboxylic acids is 1. The molecule has 1 unspecified atom stereocenters. The number of carbonyl (C=O) groups is 2. The van der Waals surface area contributed by atoms with Crippen LogP contribution in [0, 0.1) is 0 Å². The molecule has 106 valence electrons. The highest BCUT2D eigenvalue weighted by Gasteiger charge is 2.22. The van der Waals surface area contributed by atoms with Crippen LogP contribution in [0.4, 0.5) is 0 Å². The Morgan fingerprint density at radius 2 is 2.15 bits per heavy atom. The normalized spacial score (nSPS) is 12.2. The van der Waals surface area contributed by atoms with Gasteiger partial charge in [-0.3, -0.25) is 4.79 Å². The van der Waals surface area contributed by atoms with Crippen molar-refractivity contribution in [3.8, 4) is 0 Å². The molecule has 0 saturated carbocycles. The van der Waals surface area contributed by atoms with E-state index in [1.54, 1.807) is 12.1 Å². The number of fused-ring (bicyclic) bond motifs is 1. The second-order valence-electron chi connectivity index (χ2n) is 4.29. The molecule has 5 nitrogen and oxygen atoms in total. The highest BCUT2D eigenvalue weighted by molar-refractivity contribution is 7.98. The van der Waals surface area contributed by atoms with Crippen LogP contribution in [-0.2, 0) is 4.79 Å². The van der Waals surface area contributed by atoms with Crippen molar-refractivity contribution in [1.82, 2.24) is 5.32 Å². The SMILES string of the molecule is CSCCC(NC(=O)c1cc2ccccc2o1)C(=O)O. The second kappa shape index (κ2) is 6.47. The molecule has 0 saturated heterocycles. The number of nitrogens with one attached hydrogen (secondary N) is 1. The fraction of sp³-hybridized carbons (Fsp3) is 0.286. The van der Waals surface area contributed by atoms with Crippen molar-refractivity contribution in [2.45, 2.75) is 12.5 Å². The Morgan fingerprint density at radius 1 is 1.40 bits per heavy atom. The number of carboxylic acid groups (broad SMARTS) is 1. The molecule has 1 aromatic heterocycles. The molecule has 2 rings (SSSR count). The van der Waals surface area contributed by atoms with Crippen molar-refractivity contribution in [1.29, 1.82) is 0 Å². The summed E-state index contributed by atoms with van der Waals surface area (Å²) < 4.78 is 5.40. The summed E-state index contributed by atoms with van der Waals surface area (Å²) in [5.74, 6) is -0.753. The van der Waals surface area contributed by atoms with Crippen molar-refractivity contribution in [3.63, 3.8) is 0 Å². The molecular formula is C14H15NO4S. The first-order valence-corrected chi connectivity index (χ1v) is 7.52. The van der Waals surface area contributed by atoms with Crippen LogP contribution in [0.2, 0.25) is 0 Å². The number of furan rings is 1. The first-order valence-electron chi connectivity index (χ1n) is 6.13. The van der Waals surface area contributed by atoms with Crippen molar-refractivity contribution >= 4 is 34.6 Å². The fourth-order valence-corrected chi connectivity index (χ4v) is 2.29. The Bertz CT molecular complexity index is 589. The van der Waals surface area contributed by atoms with Crippen LogP contribution in [0.15, 0.2) is 34.7 Å². The predicted octanol–water partition coefficient (Wildman–Crippen LogP) is 2.37. The van der Waals surface area contributed by atoms with Crippen molar-refractivity contribution < 1.29 is 19.1 Å². The number of para-hydroxylation sites is 1. The molecule has 1 aromatic carbocycles. The van der Waals surface area contributed by atoms with Crippen molar-refractivity contribution in [3.05, 3.63) is 36.1 Å². The molecule has 0 aliphatic heterocycles. The van der Waals surface area contributed by atoms with Gasteiger partial charge in [0.15, 0.2) is 5.76 Å². The monoisotopic (exact) mass is 293 g/mol. The summed E-state index contributed by atoms with van der Waals surface area (Å²) in [4.78, 5) is 23.1. The van der Waals surface area contributed by atoms with Gasteiger partial charge in [-0.15, -0.1) is 0 Å². The maximum atomic E-state index is 12.0. The number of thioether (sulfide) groups is 1. The molecule has 1 atom stereocenters. The average Bonchev–Trinajstić information content (AvgIpc) is 2.86. The number of hydrogen-bond donors (Lipinski definition) is 2. The first kappa shape index (κ1) is 14.5. The van der Waals surface area contributed by atoms with Gasteiger partial charge in [-0.25, -0.2) is 4.79 Å². The van der Waals surface area contributed by atoms with Crippen LogP contribution in [0.3, 0.4) is 0 Å². The molecule has 2 N–H and O–H groups in total. The number of benzene rings is 1. The second-order valence-corrected chi connectivity index (χ2v) is 5.28. The molecule has 20 heavy (non-hydrogen) atoms. The number of amides is 1. The van der Waals surface area contributed by atoms with Gasteiger partial charge in [0.05, 0.1) is 0 Å². The van der Waals surface area contributed by atoms with Crippen LogP contribution in [0.1, 0.15) is 17.0 Å². The zero-order valence-corrected chi connectivity index (χ0v) is 11.8. The summed E-state index contributed by atoms with van der Waals surface area (Å²) in [6.07, 6.45) is 2.27. The van der Waals surface area contributed by atoms with E-state index in [0.29, 0.717) is 17.8 Å². The standard InChI is InChI=1S/C14H15NO4S/c1-20-7-6-10(14(17)18)15-13(16)12-8-9-4-2-3-5-11(9)19-12/h2-5,8,10H,6-7H2,1H3,(H,15,16)(H,17,18). The van der Waals surface area contributed by atoms with E-state index in [1.807, 2.05) is 24.5 Å². The largest absolute Gasteiger partial charge is 0.480 e. The van der Waals surface area contributed by atoms with Gasteiger partial charge in [0.1, 0.15) is 11.6 Å². The molecular weight excluding hydrogens is 278 g/mol. The van der Waals surface area contributed by atoms with Gasteiger partial charge < -0.3 is 14.8 Å². The van der Waals surface area contributed by atoms with Gasteiger partial charge in [-0.1, -0.05) is 18.2 Å². The molecule has 0 aliphatic carbocycles. The predicted molar refractivity (Wildman–Crippen MR) is 78.1 cm³/mol. The Kier molecular flexibility index (Phi) is 4.68. The Hall–Kier alpha value is -1.95. The summed E-state index contributed by atoms with van der Waals surface area (Å²) in [6, 6.07) is 7.96. The van der Waals surface area contributed by atoms with Crippen LogP contribution >= 0.6 is 11.8 Å². The lowest BCUT2D eigenvalue weighted by atomic mass is 10.2. The average molecular weight is 293 g/mol. The molecule has 1 amide bonds. The van der Waals surface area contributed by atoms with Crippen LogP contribution in [-0.4, -0.2) is 35.0 Å². The minimum Gasteiger partial charge on any atom is -0.480 e. The van der Waals surface area contributed by atoms with E-state index >= 15 is 0 Å². The van der Waals surface area contributed by atoms with Crippen LogP contribution in [0.25, 0.3) is 11.0 Å². The number of aliphatic carboxylic acids is 1. The molecule has 0 bridgehead atoms. The van der Waals surface area contributed by atoms with Gasteiger partial charge >= 0.3 is 5.97 Å². The summed E-state index contributed by atoms with van der Waals surface area (Å²) >= 11 is 1.54. The third-order valence-electron chi connectivity index (χ3n) is 2.86. The molecule has 0 aliphatic rings. The van der Waals surface area contributed by atoms with Gasteiger partial charge in [0, 0.05) is 5.39 Å². The Labute approximate surface area is 120 Å². The summed E-state index contributed by atoms with van der Waals surface area (Å²) in [7, 11) is 0. The molecule has 2 aromatic rings. The number of hydrogen-bond acceptors (Lipinski definition) is 4. The molecule has 1 heterocycles. The van der Waals surface area contributed by atoms with Gasteiger partial charge in [0.25, 0.3) is 5.91 Å². The summed E-state index contributed by atoms with van der Waals surface area (Å²) in [5.41, 5.74) is 0.605. The quantitative estimate of drug-likeness (QED) is 0.854. The molecule has 0 radical (unpaired) electrons. The zero-order chi connectivity index (χ0) is 14.5. The van der Waals surface area contributed by atoms with E-state index in [1.165, 1.54) is 11.8 Å². The van der Waals surface area contributed by atoms with Gasteiger partial charge in [-0.05, 0) is 30.6 Å². The molecule has 6 heteroatoms. The highest BCUT2D eigenvalue weighted by Crippen LogP contribution is 2.18. The van der Waals surface area contributed by atoms with E-state index in [4.69, 9.17) is 9.52 Å². The number of rotatable bonds is 6. The Balaban J connectivity index is 2.11. The van der Waals surface area contributed by atoms with Crippen molar-refractivity contribution in [2.24, 2.45) is 0 Å². The molecule has 0 fully saturated rings. The highest BCUT2D eigenvalue weighted by atomic mass is 32.2. The van der Waals surface area contributed by atoms with Crippen molar-refractivity contribution in [2.75, 3.05) is 12.0 Å². The Morgan fingerprint density at radius 3 is 2.80 bits per heavy atom. The fourth-order valence-electron chi connectivity index (χ4n) is 1.82. The molecule has 0 spiro atoms.